The van der Waals surface area contributed by atoms with Crippen LogP contribution >= 0.6 is 0 Å². The predicted octanol–water partition coefficient (Wildman–Crippen LogP) is 2.16. The SMILES string of the molecule is O=c1[nH]c2cccc(O)c2n1-c1ccccc1F. The number of aromatic hydroxyl groups is 1. The topological polar surface area (TPSA) is 58.0 Å². The molecule has 0 bridgehead atoms. The average Bonchev–Trinajstić information content (AvgIpc) is 2.68. The molecule has 0 spiro atoms. The van der Waals surface area contributed by atoms with Crippen LogP contribution in [0, 0.1) is 5.82 Å². The van der Waals surface area contributed by atoms with E-state index in [-0.39, 0.29) is 17.0 Å². The number of aromatic amines is 1. The maximum Gasteiger partial charge on any atom is 0.331 e. The number of imidazole rings is 1. The summed E-state index contributed by atoms with van der Waals surface area (Å²) >= 11 is 0. The lowest BCUT2D eigenvalue weighted by molar-refractivity contribution is 0.479. The smallest absolute Gasteiger partial charge is 0.331 e. The van der Waals surface area contributed by atoms with E-state index in [0.717, 1.165) is 4.57 Å². The summed E-state index contributed by atoms with van der Waals surface area (Å²) in [7, 11) is 0. The minimum absolute atomic E-state index is 0.0749. The maximum absolute atomic E-state index is 13.7. The third-order valence-corrected chi connectivity index (χ3v) is 2.78. The Morgan fingerprint density at radius 2 is 1.89 bits per heavy atom. The molecule has 2 aromatic carbocycles. The zero-order valence-corrected chi connectivity index (χ0v) is 9.22. The fourth-order valence-electron chi connectivity index (χ4n) is 2.00. The third-order valence-electron chi connectivity index (χ3n) is 2.78. The van der Waals surface area contributed by atoms with Crippen LogP contribution in [0.3, 0.4) is 0 Å². The number of benzene rings is 2. The molecule has 0 amide bonds. The number of aromatic nitrogens is 2. The van der Waals surface area contributed by atoms with Crippen molar-refractivity contribution in [2.75, 3.05) is 0 Å². The summed E-state index contributed by atoms with van der Waals surface area (Å²) in [5, 5.41) is 9.82. The number of fused-ring (bicyclic) bond motifs is 1. The summed E-state index contributed by atoms with van der Waals surface area (Å²) in [5.41, 5.74) is 0.350. The number of rotatable bonds is 1. The Bertz CT molecular complexity index is 789. The van der Waals surface area contributed by atoms with Gasteiger partial charge in [-0.1, -0.05) is 18.2 Å². The Morgan fingerprint density at radius 3 is 2.67 bits per heavy atom. The molecule has 4 nitrogen and oxygen atoms in total. The molecule has 1 heterocycles. The lowest BCUT2D eigenvalue weighted by Gasteiger charge is -2.05. The normalized spacial score (nSPS) is 10.9. The summed E-state index contributed by atoms with van der Waals surface area (Å²) < 4.78 is 14.9. The van der Waals surface area contributed by atoms with Crippen LogP contribution in [0.4, 0.5) is 4.39 Å². The molecule has 0 aliphatic carbocycles. The Hall–Kier alpha value is -2.56. The number of hydrogen-bond acceptors (Lipinski definition) is 2. The molecule has 0 saturated heterocycles. The van der Waals surface area contributed by atoms with Gasteiger partial charge in [-0.15, -0.1) is 0 Å². The Balaban J connectivity index is 2.47. The van der Waals surface area contributed by atoms with Crippen molar-refractivity contribution in [1.82, 2.24) is 9.55 Å². The van der Waals surface area contributed by atoms with Crippen LogP contribution in [0.2, 0.25) is 0 Å². The van der Waals surface area contributed by atoms with Crippen LogP contribution in [-0.2, 0) is 0 Å². The van der Waals surface area contributed by atoms with E-state index >= 15 is 0 Å². The average molecular weight is 244 g/mol. The monoisotopic (exact) mass is 244 g/mol. The molecule has 0 radical (unpaired) electrons. The minimum Gasteiger partial charge on any atom is -0.506 e. The fourth-order valence-corrected chi connectivity index (χ4v) is 2.00. The van der Waals surface area contributed by atoms with E-state index in [2.05, 4.69) is 4.98 Å². The van der Waals surface area contributed by atoms with Crippen molar-refractivity contribution in [2.45, 2.75) is 0 Å². The number of nitrogens with zero attached hydrogens (tertiary/aromatic N) is 1. The Kier molecular flexibility index (Phi) is 2.19. The van der Waals surface area contributed by atoms with Gasteiger partial charge in [0.25, 0.3) is 0 Å². The molecule has 0 atom stereocenters. The Labute approximate surface area is 101 Å². The van der Waals surface area contributed by atoms with Crippen LogP contribution in [0.15, 0.2) is 47.3 Å². The number of nitrogens with one attached hydrogen (secondary N) is 1. The molecule has 2 N–H and O–H groups in total. The fraction of sp³-hybridized carbons (Fsp3) is 0. The summed E-state index contributed by atoms with van der Waals surface area (Å²) in [4.78, 5) is 14.4. The first-order chi connectivity index (χ1) is 8.68. The van der Waals surface area contributed by atoms with Crippen LogP contribution in [0.25, 0.3) is 16.7 Å². The minimum atomic E-state index is -0.524. The van der Waals surface area contributed by atoms with Crippen LogP contribution in [0.5, 0.6) is 5.75 Å². The van der Waals surface area contributed by atoms with E-state index in [1.54, 1.807) is 24.3 Å². The first-order valence-corrected chi connectivity index (χ1v) is 5.36. The molecule has 3 rings (SSSR count). The molecule has 0 unspecified atom stereocenters. The summed E-state index contributed by atoms with van der Waals surface area (Å²) in [6, 6.07) is 10.6. The highest BCUT2D eigenvalue weighted by Crippen LogP contribution is 2.25. The van der Waals surface area contributed by atoms with Gasteiger partial charge in [0.1, 0.15) is 17.1 Å². The zero-order chi connectivity index (χ0) is 12.7. The Morgan fingerprint density at radius 1 is 1.11 bits per heavy atom. The maximum atomic E-state index is 13.7. The lowest BCUT2D eigenvalue weighted by atomic mass is 10.2. The molecule has 1 aromatic heterocycles. The number of halogens is 1. The van der Waals surface area contributed by atoms with E-state index in [9.17, 15) is 14.3 Å². The number of hydrogen-bond donors (Lipinski definition) is 2. The molecule has 90 valence electrons. The third kappa shape index (κ3) is 1.41. The van der Waals surface area contributed by atoms with Crippen LogP contribution < -0.4 is 5.69 Å². The van der Waals surface area contributed by atoms with Gasteiger partial charge in [-0.3, -0.25) is 4.57 Å². The highest BCUT2D eigenvalue weighted by atomic mass is 19.1. The quantitative estimate of drug-likeness (QED) is 0.689. The van der Waals surface area contributed by atoms with Gasteiger partial charge in [-0.25, -0.2) is 9.18 Å². The highest BCUT2D eigenvalue weighted by Gasteiger charge is 2.14. The van der Waals surface area contributed by atoms with E-state index in [0.29, 0.717) is 5.52 Å². The van der Waals surface area contributed by atoms with Gasteiger partial charge in [-0.2, -0.15) is 0 Å². The zero-order valence-electron chi connectivity index (χ0n) is 9.22. The van der Waals surface area contributed by atoms with Gasteiger partial charge in [-0.05, 0) is 24.3 Å². The molecule has 18 heavy (non-hydrogen) atoms. The predicted molar refractivity (Wildman–Crippen MR) is 65.5 cm³/mol. The van der Waals surface area contributed by atoms with E-state index in [1.807, 2.05) is 0 Å². The number of phenols is 1. The second-order valence-electron chi connectivity index (χ2n) is 3.89. The van der Waals surface area contributed by atoms with Gasteiger partial charge in [0.05, 0.1) is 11.2 Å². The van der Waals surface area contributed by atoms with Crippen molar-refractivity contribution < 1.29 is 9.50 Å². The molecular formula is C13H9FN2O2. The van der Waals surface area contributed by atoms with Crippen molar-refractivity contribution in [3.05, 3.63) is 58.8 Å². The molecule has 0 fully saturated rings. The second kappa shape index (κ2) is 3.73. The van der Waals surface area contributed by atoms with Crippen LogP contribution in [-0.4, -0.2) is 14.7 Å². The van der Waals surface area contributed by atoms with E-state index < -0.39 is 11.5 Å². The van der Waals surface area contributed by atoms with Gasteiger partial charge in [0, 0.05) is 0 Å². The largest absolute Gasteiger partial charge is 0.506 e. The number of para-hydroxylation sites is 2. The van der Waals surface area contributed by atoms with Gasteiger partial charge in [0.2, 0.25) is 0 Å². The van der Waals surface area contributed by atoms with E-state index in [4.69, 9.17) is 0 Å². The van der Waals surface area contributed by atoms with Gasteiger partial charge in [0.15, 0.2) is 0 Å². The van der Waals surface area contributed by atoms with Crippen molar-refractivity contribution in [1.29, 1.82) is 0 Å². The molecule has 0 saturated carbocycles. The van der Waals surface area contributed by atoms with E-state index in [1.165, 1.54) is 18.2 Å². The lowest BCUT2D eigenvalue weighted by Crippen LogP contribution is -2.15. The van der Waals surface area contributed by atoms with Crippen molar-refractivity contribution in [2.24, 2.45) is 0 Å². The summed E-state index contributed by atoms with van der Waals surface area (Å²) in [6.45, 7) is 0. The number of H-pyrrole nitrogens is 1. The summed E-state index contributed by atoms with van der Waals surface area (Å²) in [5.74, 6) is -0.599. The molecular weight excluding hydrogens is 235 g/mol. The van der Waals surface area contributed by atoms with Crippen LogP contribution in [0.1, 0.15) is 0 Å². The van der Waals surface area contributed by atoms with Crippen molar-refractivity contribution in [3.63, 3.8) is 0 Å². The standard InChI is InChI=1S/C13H9FN2O2/c14-8-4-1-2-6-10(8)16-12-9(15-13(16)18)5-3-7-11(12)17/h1-7,17H,(H,15,18). The molecule has 3 aromatic rings. The first-order valence-electron chi connectivity index (χ1n) is 5.36. The van der Waals surface area contributed by atoms with Crippen molar-refractivity contribution >= 4 is 11.0 Å². The van der Waals surface area contributed by atoms with Crippen molar-refractivity contribution in [3.8, 4) is 11.4 Å². The van der Waals surface area contributed by atoms with Gasteiger partial charge >= 0.3 is 5.69 Å². The molecule has 0 aliphatic heterocycles. The highest BCUT2D eigenvalue weighted by molar-refractivity contribution is 5.83. The molecule has 0 aliphatic rings. The van der Waals surface area contributed by atoms with Gasteiger partial charge < -0.3 is 10.1 Å². The molecule has 5 heteroatoms. The first kappa shape index (κ1) is 10.6. The summed E-state index contributed by atoms with van der Waals surface area (Å²) in [6.07, 6.45) is 0. The number of phenolic OH excluding ortho intramolecular Hbond substituents is 1. The second-order valence-corrected chi connectivity index (χ2v) is 3.89.